The Morgan fingerprint density at radius 3 is 2.65 bits per heavy atom. The molecule has 0 aliphatic carbocycles. The Labute approximate surface area is 148 Å². The maximum atomic E-state index is 13.3. The second-order valence-electron chi connectivity index (χ2n) is 6.05. The molecule has 2 aromatic carbocycles. The first-order valence-electron chi connectivity index (χ1n) is 8.01. The molecule has 0 bridgehead atoms. The second-order valence-corrected chi connectivity index (χ2v) is 6.05. The van der Waals surface area contributed by atoms with Crippen LogP contribution in [0.25, 0.3) is 11.0 Å². The quantitative estimate of drug-likeness (QED) is 0.705. The minimum absolute atomic E-state index is 0.137. The summed E-state index contributed by atoms with van der Waals surface area (Å²) >= 11 is 0. The van der Waals surface area contributed by atoms with Crippen LogP contribution in [0.1, 0.15) is 22.3 Å². The highest BCUT2D eigenvalue weighted by atomic mass is 19.1. The number of fused-ring (bicyclic) bond motifs is 1. The minimum Gasteiger partial charge on any atom is -0.488 e. The van der Waals surface area contributed by atoms with Crippen LogP contribution in [0.5, 0.6) is 5.75 Å². The zero-order chi connectivity index (χ0) is 18.8. The summed E-state index contributed by atoms with van der Waals surface area (Å²) < 4.78 is 24.3. The van der Waals surface area contributed by atoms with Crippen molar-refractivity contribution in [3.63, 3.8) is 0 Å². The number of ether oxygens (including phenoxy) is 1. The summed E-state index contributed by atoms with van der Waals surface area (Å²) in [6.07, 6.45) is -0.388. The van der Waals surface area contributed by atoms with Gasteiger partial charge in [0.15, 0.2) is 0 Å². The van der Waals surface area contributed by atoms with Crippen molar-refractivity contribution in [3.8, 4) is 5.75 Å². The van der Waals surface area contributed by atoms with Gasteiger partial charge in [-0.1, -0.05) is 12.1 Å². The Bertz CT molecular complexity index is 1050. The number of aryl methyl sites for hydroxylation is 2. The molecule has 0 radical (unpaired) electrons. The summed E-state index contributed by atoms with van der Waals surface area (Å²) in [5, 5.41) is 9.62. The monoisotopic (exact) mass is 356 g/mol. The Balaban J connectivity index is 1.98. The SMILES string of the molecule is Cc1c(CC(=O)O)c(=O)oc2c(C)c(OCc3cccc(F)c3)ccc12. The van der Waals surface area contributed by atoms with E-state index >= 15 is 0 Å². The first kappa shape index (κ1) is 17.7. The molecule has 0 unspecified atom stereocenters. The number of halogens is 1. The predicted molar refractivity (Wildman–Crippen MR) is 94.0 cm³/mol. The molecule has 134 valence electrons. The molecule has 1 aromatic heterocycles. The van der Waals surface area contributed by atoms with Gasteiger partial charge in [0.1, 0.15) is 23.8 Å². The molecule has 0 aliphatic rings. The lowest BCUT2D eigenvalue weighted by atomic mass is 10.0. The highest BCUT2D eigenvalue weighted by molar-refractivity contribution is 5.86. The van der Waals surface area contributed by atoms with Gasteiger partial charge in [0.05, 0.1) is 12.0 Å². The first-order valence-corrected chi connectivity index (χ1v) is 8.01. The molecule has 0 aliphatic heterocycles. The molecule has 5 nitrogen and oxygen atoms in total. The lowest BCUT2D eigenvalue weighted by Gasteiger charge is -2.13. The molecule has 0 fully saturated rings. The molecular weight excluding hydrogens is 339 g/mol. The number of aliphatic carboxylic acids is 1. The van der Waals surface area contributed by atoms with Crippen LogP contribution in [0.15, 0.2) is 45.6 Å². The Morgan fingerprint density at radius 1 is 1.19 bits per heavy atom. The number of carbonyl (C=O) groups is 1. The number of hydrogen-bond acceptors (Lipinski definition) is 4. The van der Waals surface area contributed by atoms with Crippen LogP contribution in [0, 0.1) is 19.7 Å². The standard InChI is InChI=1S/C20H17FO5/c1-11-15-6-7-17(25-10-13-4-3-5-14(21)8-13)12(2)19(15)26-20(24)16(11)9-18(22)23/h3-8H,9-10H2,1-2H3,(H,22,23). The van der Waals surface area contributed by atoms with Crippen molar-refractivity contribution in [2.45, 2.75) is 26.9 Å². The van der Waals surface area contributed by atoms with Crippen LogP contribution in [-0.4, -0.2) is 11.1 Å². The zero-order valence-electron chi connectivity index (χ0n) is 14.3. The van der Waals surface area contributed by atoms with Crippen molar-refractivity contribution in [1.29, 1.82) is 0 Å². The molecular formula is C20H17FO5. The normalized spacial score (nSPS) is 10.9. The second kappa shape index (κ2) is 7.00. The molecule has 0 amide bonds. The smallest absolute Gasteiger partial charge is 0.340 e. The van der Waals surface area contributed by atoms with Gasteiger partial charge in [-0.05, 0) is 49.2 Å². The van der Waals surface area contributed by atoms with E-state index in [0.29, 0.717) is 33.4 Å². The van der Waals surface area contributed by atoms with Crippen LogP contribution in [0.2, 0.25) is 0 Å². The lowest BCUT2D eigenvalue weighted by molar-refractivity contribution is -0.136. The molecule has 0 saturated carbocycles. The zero-order valence-corrected chi connectivity index (χ0v) is 14.3. The molecule has 0 saturated heterocycles. The maximum absolute atomic E-state index is 13.3. The van der Waals surface area contributed by atoms with Gasteiger partial charge in [-0.2, -0.15) is 0 Å². The molecule has 3 rings (SSSR count). The average Bonchev–Trinajstić information content (AvgIpc) is 2.58. The van der Waals surface area contributed by atoms with Crippen molar-refractivity contribution in [2.24, 2.45) is 0 Å². The van der Waals surface area contributed by atoms with E-state index in [0.717, 1.165) is 0 Å². The average molecular weight is 356 g/mol. The van der Waals surface area contributed by atoms with E-state index in [-0.39, 0.29) is 24.4 Å². The highest BCUT2D eigenvalue weighted by Gasteiger charge is 2.17. The van der Waals surface area contributed by atoms with Gasteiger partial charge >= 0.3 is 11.6 Å². The number of carboxylic acid groups (broad SMARTS) is 1. The summed E-state index contributed by atoms with van der Waals surface area (Å²) in [5.74, 6) is -0.921. The molecule has 26 heavy (non-hydrogen) atoms. The van der Waals surface area contributed by atoms with Gasteiger partial charge in [-0.25, -0.2) is 9.18 Å². The number of benzene rings is 2. The van der Waals surface area contributed by atoms with E-state index in [1.165, 1.54) is 12.1 Å². The number of hydrogen-bond donors (Lipinski definition) is 1. The van der Waals surface area contributed by atoms with E-state index in [4.69, 9.17) is 14.3 Å². The highest BCUT2D eigenvalue weighted by Crippen LogP contribution is 2.30. The van der Waals surface area contributed by atoms with Crippen molar-refractivity contribution in [1.82, 2.24) is 0 Å². The third-order valence-electron chi connectivity index (χ3n) is 4.27. The van der Waals surface area contributed by atoms with Gasteiger partial charge in [-0.3, -0.25) is 4.79 Å². The minimum atomic E-state index is -1.09. The van der Waals surface area contributed by atoms with Crippen LogP contribution >= 0.6 is 0 Å². The van der Waals surface area contributed by atoms with Crippen molar-refractivity contribution >= 4 is 16.9 Å². The fourth-order valence-electron chi connectivity index (χ4n) is 2.87. The van der Waals surface area contributed by atoms with E-state index in [1.54, 1.807) is 38.1 Å². The van der Waals surface area contributed by atoms with Crippen LogP contribution < -0.4 is 10.4 Å². The summed E-state index contributed by atoms with van der Waals surface area (Å²) in [4.78, 5) is 23.1. The van der Waals surface area contributed by atoms with Gasteiger partial charge in [0, 0.05) is 10.9 Å². The number of carboxylic acids is 1. The first-order chi connectivity index (χ1) is 12.4. The largest absolute Gasteiger partial charge is 0.488 e. The van der Waals surface area contributed by atoms with Gasteiger partial charge in [0.25, 0.3) is 0 Å². The third-order valence-corrected chi connectivity index (χ3v) is 4.27. The predicted octanol–water partition coefficient (Wildman–Crippen LogP) is 3.76. The van der Waals surface area contributed by atoms with Crippen LogP contribution in [0.3, 0.4) is 0 Å². The van der Waals surface area contributed by atoms with Crippen LogP contribution in [0.4, 0.5) is 4.39 Å². The van der Waals surface area contributed by atoms with Gasteiger partial charge in [0.2, 0.25) is 0 Å². The maximum Gasteiger partial charge on any atom is 0.340 e. The summed E-state index contributed by atoms with van der Waals surface area (Å²) in [7, 11) is 0. The van der Waals surface area contributed by atoms with Crippen molar-refractivity contribution in [2.75, 3.05) is 0 Å². The summed E-state index contributed by atoms with van der Waals surface area (Å²) in [5.41, 5.74) is 1.72. The summed E-state index contributed by atoms with van der Waals surface area (Å²) in [6.45, 7) is 3.62. The molecule has 6 heteroatoms. The van der Waals surface area contributed by atoms with Crippen molar-refractivity contribution < 1.29 is 23.4 Å². The molecule has 1 N–H and O–H groups in total. The fourth-order valence-corrected chi connectivity index (χ4v) is 2.87. The number of rotatable bonds is 5. The van der Waals surface area contributed by atoms with Crippen LogP contribution in [-0.2, 0) is 17.8 Å². The van der Waals surface area contributed by atoms with E-state index < -0.39 is 11.6 Å². The van der Waals surface area contributed by atoms with E-state index in [1.807, 2.05) is 0 Å². The molecule has 1 heterocycles. The molecule has 0 atom stereocenters. The van der Waals surface area contributed by atoms with Gasteiger partial charge in [-0.15, -0.1) is 0 Å². The van der Waals surface area contributed by atoms with Gasteiger partial charge < -0.3 is 14.3 Å². The van der Waals surface area contributed by atoms with E-state index in [2.05, 4.69) is 0 Å². The third kappa shape index (κ3) is 3.44. The Morgan fingerprint density at radius 2 is 1.96 bits per heavy atom. The lowest BCUT2D eigenvalue weighted by Crippen LogP contribution is -2.15. The summed E-state index contributed by atoms with van der Waals surface area (Å²) in [6, 6.07) is 9.56. The Kier molecular flexibility index (Phi) is 4.75. The Hall–Kier alpha value is -3.15. The van der Waals surface area contributed by atoms with Crippen molar-refractivity contribution in [3.05, 3.63) is 74.9 Å². The fraction of sp³-hybridized carbons (Fsp3) is 0.200. The van der Waals surface area contributed by atoms with E-state index in [9.17, 15) is 14.0 Å². The molecule has 0 spiro atoms. The topological polar surface area (TPSA) is 76.7 Å². The molecule has 3 aromatic rings.